The standard InChI is InChI=1S/C21H26N4O.C16H31N.C6H14.C4H10/c1-15(26)8-7-13-25(23)21-17-10-4-3-9-16(17)14-24(2)19-12-6-5-11-18(19)20(21)22;1-7-9-12-17-15(4)11-10-14(3)13-16(5,6)8-2;1-3-5-6-4-2;1-3-4-2/h3-6,9-12H,7-8,13-14,22-23H2,1-2H3;7,14,17H,1,4,8-13H2,2-3,5-6H3;3-6H2,1-2H3;3-4H2,1-2H3/b21-20-;;;. The van der Waals surface area contributed by atoms with Crippen LogP contribution >= 0.6 is 0 Å². The molecular formula is C47H81N5O. The minimum Gasteiger partial charge on any atom is -0.396 e. The molecule has 0 spiro atoms. The van der Waals surface area contributed by atoms with E-state index in [4.69, 9.17) is 11.6 Å². The van der Waals surface area contributed by atoms with Gasteiger partial charge in [-0.2, -0.15) is 0 Å². The summed E-state index contributed by atoms with van der Waals surface area (Å²) in [5, 5.41) is 5.04. The van der Waals surface area contributed by atoms with Gasteiger partial charge in [-0.1, -0.05) is 155 Å². The molecule has 3 rings (SSSR count). The number of para-hydroxylation sites is 1. The summed E-state index contributed by atoms with van der Waals surface area (Å²) in [7, 11) is 2.07. The van der Waals surface area contributed by atoms with E-state index in [-0.39, 0.29) is 5.78 Å². The van der Waals surface area contributed by atoms with Crippen molar-refractivity contribution in [1.29, 1.82) is 0 Å². The quantitative estimate of drug-likeness (QED) is 0.0577. The number of nitrogens with two attached hydrogens (primary N) is 2. The predicted molar refractivity (Wildman–Crippen MR) is 236 cm³/mol. The van der Waals surface area contributed by atoms with Crippen molar-refractivity contribution >= 4 is 22.9 Å². The lowest BCUT2D eigenvalue weighted by molar-refractivity contribution is -0.117. The third-order valence-corrected chi connectivity index (χ3v) is 9.73. The SMILES string of the molecule is C=CCCNC(=C)CCC(C)CC(C)(C)CC.CC(=O)CCCN(N)/C1=C(\N)c2ccccc2N(C)Cc2ccccc21.CCCC.CCCCCC. The molecule has 0 saturated heterocycles. The first-order valence-corrected chi connectivity index (χ1v) is 20.7. The summed E-state index contributed by atoms with van der Waals surface area (Å²) >= 11 is 0. The zero-order valence-electron chi connectivity index (χ0n) is 36.0. The lowest BCUT2D eigenvalue weighted by Crippen LogP contribution is -2.34. The summed E-state index contributed by atoms with van der Waals surface area (Å²) in [6.45, 7) is 29.9. The number of benzene rings is 2. The number of nitrogens with one attached hydrogen (secondary N) is 1. The fourth-order valence-corrected chi connectivity index (χ4v) is 6.01. The molecule has 1 atom stereocenters. The second kappa shape index (κ2) is 28.9. The number of Topliss-reactive ketones (excluding diaryl/α,β-unsaturated/α-hetero) is 1. The van der Waals surface area contributed by atoms with Gasteiger partial charge >= 0.3 is 0 Å². The monoisotopic (exact) mass is 732 g/mol. The van der Waals surface area contributed by atoms with Gasteiger partial charge in [0.05, 0.1) is 11.4 Å². The molecule has 0 aromatic heterocycles. The average molecular weight is 732 g/mol. The van der Waals surface area contributed by atoms with Crippen LogP contribution in [0.25, 0.3) is 11.4 Å². The van der Waals surface area contributed by atoms with Gasteiger partial charge in [-0.15, -0.1) is 6.58 Å². The van der Waals surface area contributed by atoms with E-state index in [1.54, 1.807) is 11.9 Å². The van der Waals surface area contributed by atoms with E-state index in [1.807, 2.05) is 36.4 Å². The van der Waals surface area contributed by atoms with Crippen molar-refractivity contribution in [3.63, 3.8) is 0 Å². The van der Waals surface area contributed by atoms with E-state index in [9.17, 15) is 4.79 Å². The van der Waals surface area contributed by atoms with Crippen molar-refractivity contribution in [2.45, 2.75) is 152 Å². The first kappa shape index (κ1) is 49.5. The summed E-state index contributed by atoms with van der Waals surface area (Å²) in [5.74, 6) is 7.37. The molecule has 1 heterocycles. The molecule has 0 fully saturated rings. The number of ketones is 1. The maximum absolute atomic E-state index is 11.3. The Balaban J connectivity index is 0.000000858. The topological polar surface area (TPSA) is 87.6 Å². The van der Waals surface area contributed by atoms with Gasteiger partial charge < -0.3 is 25.8 Å². The van der Waals surface area contributed by atoms with Crippen LogP contribution < -0.4 is 21.8 Å². The predicted octanol–water partition coefficient (Wildman–Crippen LogP) is 12.3. The molecule has 1 unspecified atom stereocenters. The number of carbonyl (C=O) groups is 1. The van der Waals surface area contributed by atoms with Crippen LogP contribution in [0.3, 0.4) is 0 Å². The Kier molecular flexibility index (Phi) is 27.0. The Bertz CT molecular complexity index is 1320. The van der Waals surface area contributed by atoms with Gasteiger partial charge in [0.15, 0.2) is 0 Å². The molecule has 53 heavy (non-hydrogen) atoms. The van der Waals surface area contributed by atoms with Crippen LogP contribution in [0.2, 0.25) is 0 Å². The van der Waals surface area contributed by atoms with Gasteiger partial charge in [-0.3, -0.25) is 0 Å². The fourth-order valence-electron chi connectivity index (χ4n) is 6.01. The van der Waals surface area contributed by atoms with Crippen molar-refractivity contribution < 1.29 is 4.79 Å². The number of fused-ring (bicyclic) bond motifs is 2. The summed E-state index contributed by atoms with van der Waals surface area (Å²) in [6, 6.07) is 16.3. The van der Waals surface area contributed by atoms with E-state index in [1.165, 1.54) is 69.0 Å². The number of hydrogen-bond donors (Lipinski definition) is 3. The number of rotatable bonds is 19. The van der Waals surface area contributed by atoms with E-state index >= 15 is 0 Å². The third kappa shape index (κ3) is 21.1. The Morgan fingerprint density at radius 2 is 1.53 bits per heavy atom. The summed E-state index contributed by atoms with van der Waals surface area (Å²) < 4.78 is 0. The highest BCUT2D eigenvalue weighted by molar-refractivity contribution is 5.93. The molecule has 6 heteroatoms. The molecule has 6 nitrogen and oxygen atoms in total. The summed E-state index contributed by atoms with van der Waals surface area (Å²) in [6.07, 6.45) is 17.2. The van der Waals surface area contributed by atoms with Gasteiger partial charge in [0.2, 0.25) is 0 Å². The molecule has 0 saturated carbocycles. The number of hydrazine groups is 1. The van der Waals surface area contributed by atoms with Crippen LogP contribution in [0.15, 0.2) is 73.5 Å². The van der Waals surface area contributed by atoms with E-state index in [0.717, 1.165) is 54.4 Å². The van der Waals surface area contributed by atoms with Crippen molar-refractivity contribution in [2.75, 3.05) is 25.0 Å². The Labute approximate surface area is 327 Å². The normalized spacial score (nSPS) is 13.8. The van der Waals surface area contributed by atoms with Crippen LogP contribution in [0.4, 0.5) is 5.69 Å². The third-order valence-electron chi connectivity index (χ3n) is 9.73. The molecule has 2 aromatic carbocycles. The van der Waals surface area contributed by atoms with Crippen molar-refractivity contribution in [1.82, 2.24) is 10.3 Å². The van der Waals surface area contributed by atoms with Gasteiger partial charge in [-0.25, -0.2) is 5.84 Å². The first-order valence-electron chi connectivity index (χ1n) is 20.7. The van der Waals surface area contributed by atoms with E-state index < -0.39 is 0 Å². The minimum atomic E-state index is 0.172. The second-order valence-corrected chi connectivity index (χ2v) is 15.5. The fraction of sp³-hybridized carbons (Fsp3) is 0.596. The number of nitrogens with zero attached hydrogens (tertiary/aromatic N) is 2. The van der Waals surface area contributed by atoms with Crippen molar-refractivity contribution in [3.8, 4) is 0 Å². The highest BCUT2D eigenvalue weighted by Crippen LogP contribution is 2.35. The smallest absolute Gasteiger partial charge is 0.129 e. The first-order chi connectivity index (χ1) is 25.2. The molecule has 300 valence electrons. The Morgan fingerprint density at radius 1 is 0.943 bits per heavy atom. The summed E-state index contributed by atoms with van der Waals surface area (Å²) in [5.41, 5.74) is 14.0. The van der Waals surface area contributed by atoms with Gasteiger partial charge in [-0.05, 0) is 62.0 Å². The van der Waals surface area contributed by atoms with Crippen LogP contribution in [-0.2, 0) is 11.3 Å². The molecule has 0 bridgehead atoms. The highest BCUT2D eigenvalue weighted by Gasteiger charge is 2.23. The van der Waals surface area contributed by atoms with Crippen LogP contribution in [0, 0.1) is 11.3 Å². The molecule has 0 amide bonds. The number of hydrogen-bond acceptors (Lipinski definition) is 6. The zero-order valence-corrected chi connectivity index (χ0v) is 36.0. The van der Waals surface area contributed by atoms with Gasteiger partial charge in [0.1, 0.15) is 5.78 Å². The van der Waals surface area contributed by atoms with Gasteiger partial charge in [0, 0.05) is 55.6 Å². The van der Waals surface area contributed by atoms with Crippen LogP contribution in [0.1, 0.15) is 162 Å². The van der Waals surface area contributed by atoms with E-state index in [0.29, 0.717) is 30.5 Å². The summed E-state index contributed by atoms with van der Waals surface area (Å²) in [4.78, 5) is 13.5. The number of allylic oxidation sites excluding steroid dienone is 1. The molecule has 5 N–H and O–H groups in total. The number of anilines is 1. The molecular weight excluding hydrogens is 651 g/mol. The largest absolute Gasteiger partial charge is 0.396 e. The van der Waals surface area contributed by atoms with Crippen LogP contribution in [-0.4, -0.2) is 30.9 Å². The lowest BCUT2D eigenvalue weighted by Gasteiger charge is -2.32. The van der Waals surface area contributed by atoms with Gasteiger partial charge in [0.25, 0.3) is 0 Å². The van der Waals surface area contributed by atoms with E-state index in [2.05, 4.69) is 104 Å². The molecule has 1 aliphatic heterocycles. The second-order valence-electron chi connectivity index (χ2n) is 15.5. The maximum Gasteiger partial charge on any atom is 0.129 e. The number of unbranched alkanes of at least 4 members (excludes halogenated alkanes) is 4. The Morgan fingerprint density at radius 3 is 2.08 bits per heavy atom. The van der Waals surface area contributed by atoms with Crippen molar-refractivity contribution in [2.24, 2.45) is 22.9 Å². The highest BCUT2D eigenvalue weighted by atomic mass is 16.1. The number of carbonyl (C=O) groups excluding carboxylic acids is 1. The maximum atomic E-state index is 11.3. The molecule has 1 aliphatic rings. The lowest BCUT2D eigenvalue weighted by atomic mass is 9.80. The molecule has 0 radical (unpaired) electrons. The zero-order chi connectivity index (χ0) is 40.2. The average Bonchev–Trinajstić information content (AvgIpc) is 3.13. The Hall–Kier alpha value is -3.51. The molecule has 0 aliphatic carbocycles. The van der Waals surface area contributed by atoms with Crippen molar-refractivity contribution in [3.05, 3.63) is 90.2 Å². The molecule has 2 aromatic rings. The minimum absolute atomic E-state index is 0.172. The van der Waals surface area contributed by atoms with Crippen LogP contribution in [0.5, 0.6) is 0 Å².